The molecule has 2 aromatic carbocycles. The van der Waals surface area contributed by atoms with E-state index < -0.39 is 10.0 Å². The molecule has 0 fully saturated rings. The monoisotopic (exact) mass is 371 g/mol. The predicted octanol–water partition coefficient (Wildman–Crippen LogP) is 1.89. The van der Waals surface area contributed by atoms with E-state index in [0.29, 0.717) is 23.5 Å². The van der Waals surface area contributed by atoms with Crippen LogP contribution in [0.1, 0.15) is 18.1 Å². The molecule has 0 aromatic heterocycles. The Balaban J connectivity index is 1.63. The normalized spacial score (nSPS) is 15.4. The van der Waals surface area contributed by atoms with Crippen molar-refractivity contribution in [1.29, 1.82) is 0 Å². The number of carbonyl (C=O) groups excluding carboxylic acids is 2. The number of hydrogen-bond donors (Lipinski definition) is 2. The molecule has 2 amide bonds. The Labute approximate surface area is 151 Å². The molecule has 0 spiro atoms. The van der Waals surface area contributed by atoms with Gasteiger partial charge in [0.15, 0.2) is 0 Å². The molecule has 2 aliphatic rings. The van der Waals surface area contributed by atoms with Crippen LogP contribution in [0.15, 0.2) is 41.3 Å². The summed E-state index contributed by atoms with van der Waals surface area (Å²) in [4.78, 5) is 24.9. The number of benzene rings is 2. The van der Waals surface area contributed by atoms with Crippen molar-refractivity contribution in [3.63, 3.8) is 0 Å². The van der Waals surface area contributed by atoms with Crippen LogP contribution in [0.3, 0.4) is 0 Å². The van der Waals surface area contributed by atoms with Gasteiger partial charge in [0.05, 0.1) is 17.0 Å². The molecule has 2 aromatic rings. The van der Waals surface area contributed by atoms with Gasteiger partial charge in [0.1, 0.15) is 0 Å². The fourth-order valence-electron chi connectivity index (χ4n) is 3.36. The predicted molar refractivity (Wildman–Crippen MR) is 97.8 cm³/mol. The number of rotatable bonds is 3. The molecule has 2 heterocycles. The molecule has 8 heteroatoms. The number of nitrogens with one attached hydrogen (secondary N) is 2. The lowest BCUT2D eigenvalue weighted by molar-refractivity contribution is -0.116. The van der Waals surface area contributed by atoms with Crippen LogP contribution in [-0.2, 0) is 32.5 Å². The zero-order valence-electron chi connectivity index (χ0n) is 14.1. The number of fused-ring (bicyclic) bond motifs is 2. The molecule has 0 saturated carbocycles. The minimum atomic E-state index is -3.80. The molecule has 0 bridgehead atoms. The average Bonchev–Trinajstić information content (AvgIpc) is 3.15. The standard InChI is InChI=1S/C18H17N3O4S/c1-11(22)21-7-6-12-2-3-14(10-17(12)21)20-26(24,25)15-4-5-16-13(8-15)9-18(23)19-16/h2-5,8,10,20H,6-7,9H2,1H3,(H,19,23). The van der Waals surface area contributed by atoms with Crippen molar-refractivity contribution in [3.8, 4) is 0 Å². The van der Waals surface area contributed by atoms with E-state index in [1.807, 2.05) is 6.07 Å². The van der Waals surface area contributed by atoms with E-state index in [9.17, 15) is 18.0 Å². The highest BCUT2D eigenvalue weighted by atomic mass is 32.2. The van der Waals surface area contributed by atoms with Gasteiger partial charge in [0.2, 0.25) is 11.8 Å². The maximum Gasteiger partial charge on any atom is 0.261 e. The van der Waals surface area contributed by atoms with E-state index in [-0.39, 0.29) is 23.1 Å². The van der Waals surface area contributed by atoms with Crippen molar-refractivity contribution in [2.75, 3.05) is 21.5 Å². The largest absolute Gasteiger partial charge is 0.326 e. The summed E-state index contributed by atoms with van der Waals surface area (Å²) in [6.45, 7) is 2.10. The first-order chi connectivity index (χ1) is 12.3. The van der Waals surface area contributed by atoms with Crippen LogP contribution in [-0.4, -0.2) is 26.8 Å². The lowest BCUT2D eigenvalue weighted by Gasteiger charge is -2.16. The Morgan fingerprint density at radius 3 is 2.73 bits per heavy atom. The molecule has 0 atom stereocenters. The number of amides is 2. The Morgan fingerprint density at radius 1 is 1.15 bits per heavy atom. The van der Waals surface area contributed by atoms with Crippen molar-refractivity contribution >= 4 is 38.9 Å². The maximum atomic E-state index is 12.7. The van der Waals surface area contributed by atoms with Crippen LogP contribution < -0.4 is 14.9 Å². The van der Waals surface area contributed by atoms with Crippen LogP contribution in [0.2, 0.25) is 0 Å². The van der Waals surface area contributed by atoms with E-state index in [2.05, 4.69) is 10.0 Å². The van der Waals surface area contributed by atoms with Gasteiger partial charge in [0.25, 0.3) is 10.0 Å². The van der Waals surface area contributed by atoms with E-state index in [1.165, 1.54) is 19.1 Å². The summed E-state index contributed by atoms with van der Waals surface area (Å²) in [5, 5.41) is 2.68. The third-order valence-electron chi connectivity index (χ3n) is 4.63. The fraction of sp³-hybridized carbons (Fsp3) is 0.222. The van der Waals surface area contributed by atoms with Gasteiger partial charge in [-0.05, 0) is 47.9 Å². The first-order valence-corrected chi connectivity index (χ1v) is 9.68. The second-order valence-electron chi connectivity index (χ2n) is 6.41. The highest BCUT2D eigenvalue weighted by Gasteiger charge is 2.25. The molecule has 0 saturated heterocycles. The van der Waals surface area contributed by atoms with E-state index in [1.54, 1.807) is 23.1 Å². The molecule has 0 aliphatic carbocycles. The van der Waals surface area contributed by atoms with Crippen LogP contribution in [0.5, 0.6) is 0 Å². The van der Waals surface area contributed by atoms with Crippen molar-refractivity contribution in [2.45, 2.75) is 24.7 Å². The number of hydrogen-bond acceptors (Lipinski definition) is 4. The lowest BCUT2D eigenvalue weighted by Crippen LogP contribution is -2.25. The second-order valence-corrected chi connectivity index (χ2v) is 8.10. The minimum Gasteiger partial charge on any atom is -0.326 e. The fourth-order valence-corrected chi connectivity index (χ4v) is 4.46. The van der Waals surface area contributed by atoms with Gasteiger partial charge in [-0.25, -0.2) is 8.42 Å². The van der Waals surface area contributed by atoms with Crippen LogP contribution in [0.25, 0.3) is 0 Å². The summed E-state index contributed by atoms with van der Waals surface area (Å²) in [6, 6.07) is 9.77. The average molecular weight is 371 g/mol. The molecule has 4 rings (SSSR count). The lowest BCUT2D eigenvalue weighted by atomic mass is 10.1. The zero-order chi connectivity index (χ0) is 18.5. The molecule has 0 unspecified atom stereocenters. The highest BCUT2D eigenvalue weighted by Crippen LogP contribution is 2.32. The smallest absolute Gasteiger partial charge is 0.261 e. The molecular weight excluding hydrogens is 354 g/mol. The second kappa shape index (κ2) is 5.84. The molecule has 134 valence electrons. The SMILES string of the molecule is CC(=O)N1CCc2ccc(NS(=O)(=O)c3ccc4c(c3)CC(=O)N4)cc21. The molecule has 7 nitrogen and oxygen atoms in total. The summed E-state index contributed by atoms with van der Waals surface area (Å²) >= 11 is 0. The van der Waals surface area contributed by atoms with E-state index in [4.69, 9.17) is 0 Å². The highest BCUT2D eigenvalue weighted by molar-refractivity contribution is 7.92. The summed E-state index contributed by atoms with van der Waals surface area (Å²) in [5.41, 5.74) is 3.46. The topological polar surface area (TPSA) is 95.6 Å². The molecular formula is C18H17N3O4S. The Bertz CT molecular complexity index is 1050. The Kier molecular flexibility index (Phi) is 3.73. The van der Waals surface area contributed by atoms with Gasteiger partial charge in [-0.15, -0.1) is 0 Å². The molecule has 2 aliphatic heterocycles. The van der Waals surface area contributed by atoms with Gasteiger partial charge < -0.3 is 10.2 Å². The van der Waals surface area contributed by atoms with Gasteiger partial charge in [-0.3, -0.25) is 14.3 Å². The Hall–Kier alpha value is -2.87. The summed E-state index contributed by atoms with van der Waals surface area (Å²) in [5.74, 6) is -0.218. The van der Waals surface area contributed by atoms with Crippen molar-refractivity contribution in [1.82, 2.24) is 0 Å². The minimum absolute atomic E-state index is 0.0699. The van der Waals surface area contributed by atoms with Gasteiger partial charge in [-0.1, -0.05) is 6.07 Å². The van der Waals surface area contributed by atoms with E-state index in [0.717, 1.165) is 17.7 Å². The van der Waals surface area contributed by atoms with Crippen molar-refractivity contribution < 1.29 is 18.0 Å². The van der Waals surface area contributed by atoms with Crippen LogP contribution in [0, 0.1) is 0 Å². The number of carbonyl (C=O) groups is 2. The molecule has 2 N–H and O–H groups in total. The quantitative estimate of drug-likeness (QED) is 0.861. The van der Waals surface area contributed by atoms with Gasteiger partial charge in [-0.2, -0.15) is 0 Å². The summed E-state index contributed by atoms with van der Waals surface area (Å²) in [7, 11) is -3.80. The zero-order valence-corrected chi connectivity index (χ0v) is 14.9. The molecule has 0 radical (unpaired) electrons. The van der Waals surface area contributed by atoms with Crippen LogP contribution in [0.4, 0.5) is 17.1 Å². The van der Waals surface area contributed by atoms with E-state index >= 15 is 0 Å². The van der Waals surface area contributed by atoms with Crippen molar-refractivity contribution in [3.05, 3.63) is 47.5 Å². The summed E-state index contributed by atoms with van der Waals surface area (Å²) in [6.07, 6.45) is 0.929. The third-order valence-corrected chi connectivity index (χ3v) is 6.00. The van der Waals surface area contributed by atoms with Gasteiger partial charge in [0, 0.05) is 24.8 Å². The first kappa shape index (κ1) is 16.6. The number of nitrogens with zero attached hydrogens (tertiary/aromatic N) is 1. The number of anilines is 3. The van der Waals surface area contributed by atoms with Crippen molar-refractivity contribution in [2.24, 2.45) is 0 Å². The maximum absolute atomic E-state index is 12.7. The third kappa shape index (κ3) is 2.82. The number of sulfonamides is 1. The van der Waals surface area contributed by atoms with Crippen LogP contribution >= 0.6 is 0 Å². The first-order valence-electron chi connectivity index (χ1n) is 8.20. The summed E-state index contributed by atoms with van der Waals surface area (Å²) < 4.78 is 28.0. The van der Waals surface area contributed by atoms with Gasteiger partial charge >= 0.3 is 0 Å². The Morgan fingerprint density at radius 2 is 1.96 bits per heavy atom. The molecule has 26 heavy (non-hydrogen) atoms.